The Morgan fingerprint density at radius 1 is 1.27 bits per heavy atom. The third kappa shape index (κ3) is 2.97. The highest BCUT2D eigenvalue weighted by molar-refractivity contribution is 7.18. The van der Waals surface area contributed by atoms with E-state index in [1.54, 1.807) is 23.5 Å². The van der Waals surface area contributed by atoms with Crippen LogP contribution in [0.2, 0.25) is 0 Å². The van der Waals surface area contributed by atoms with Gasteiger partial charge in [0.2, 0.25) is 0 Å². The van der Waals surface area contributed by atoms with Crippen LogP contribution < -0.4 is 10.9 Å². The van der Waals surface area contributed by atoms with Crippen LogP contribution in [-0.4, -0.2) is 9.55 Å². The fraction of sp³-hybridized carbons (Fsp3) is 0.316. The van der Waals surface area contributed by atoms with Crippen LogP contribution in [-0.2, 0) is 25.9 Å². The summed E-state index contributed by atoms with van der Waals surface area (Å²) in [6, 6.07) is 8.06. The summed E-state index contributed by atoms with van der Waals surface area (Å²) in [5.41, 5.74) is 1.72. The zero-order valence-corrected chi connectivity index (χ0v) is 14.9. The molecule has 0 spiro atoms. The number of rotatable bonds is 4. The molecule has 7 heteroatoms. The lowest BCUT2D eigenvalue weighted by Gasteiger charge is -2.13. The average Bonchev–Trinajstić information content (AvgIpc) is 3.02. The lowest BCUT2D eigenvalue weighted by Crippen LogP contribution is -2.26. The van der Waals surface area contributed by atoms with Crippen LogP contribution >= 0.6 is 11.3 Å². The average molecular weight is 368 g/mol. The van der Waals surface area contributed by atoms with Crippen LogP contribution in [0.25, 0.3) is 10.2 Å². The highest BCUT2D eigenvalue weighted by Gasteiger charge is 2.21. The summed E-state index contributed by atoms with van der Waals surface area (Å²) in [6.45, 7) is 0.258. The van der Waals surface area contributed by atoms with Gasteiger partial charge in [-0.15, -0.1) is 11.3 Å². The molecule has 0 radical (unpaired) electrons. The Balaban J connectivity index is 1.75. The minimum atomic E-state index is -0.305. The van der Waals surface area contributed by atoms with Gasteiger partial charge in [0.1, 0.15) is 23.0 Å². The normalized spacial score (nSPS) is 13.4. The van der Waals surface area contributed by atoms with Gasteiger partial charge in [-0.05, 0) is 55.5 Å². The summed E-state index contributed by atoms with van der Waals surface area (Å²) >= 11 is 1.59. The number of nitrogens with zero attached hydrogens (tertiary/aromatic N) is 3. The van der Waals surface area contributed by atoms with Crippen LogP contribution in [0.1, 0.15) is 29.1 Å². The fourth-order valence-electron chi connectivity index (χ4n) is 3.40. The molecule has 0 fully saturated rings. The number of thiophene rings is 1. The molecule has 0 saturated carbocycles. The first-order valence-electron chi connectivity index (χ1n) is 8.57. The molecule has 0 atom stereocenters. The van der Waals surface area contributed by atoms with Gasteiger partial charge < -0.3 is 5.32 Å². The lowest BCUT2D eigenvalue weighted by atomic mass is 9.97. The van der Waals surface area contributed by atoms with E-state index in [0.717, 1.165) is 41.8 Å². The molecule has 132 valence electrons. The zero-order chi connectivity index (χ0) is 18.1. The second-order valence-electron chi connectivity index (χ2n) is 6.33. The van der Waals surface area contributed by atoms with Crippen LogP contribution in [0.15, 0.2) is 29.1 Å². The molecule has 3 aromatic rings. The molecule has 1 N–H and O–H groups in total. The molecule has 0 saturated heterocycles. The Bertz CT molecular complexity index is 1060. The number of hydrogen-bond donors (Lipinski definition) is 1. The number of halogens is 1. The van der Waals surface area contributed by atoms with Crippen molar-refractivity contribution in [1.82, 2.24) is 9.55 Å². The Morgan fingerprint density at radius 2 is 2.04 bits per heavy atom. The topological polar surface area (TPSA) is 70.7 Å². The first-order chi connectivity index (χ1) is 12.7. The molecule has 0 bridgehead atoms. The first-order valence-corrected chi connectivity index (χ1v) is 9.39. The highest BCUT2D eigenvalue weighted by Crippen LogP contribution is 2.33. The molecule has 0 aliphatic heterocycles. The summed E-state index contributed by atoms with van der Waals surface area (Å²) in [5, 5.41) is 13.0. The van der Waals surface area contributed by atoms with Crippen LogP contribution in [0.4, 0.5) is 10.1 Å². The van der Waals surface area contributed by atoms with Gasteiger partial charge in [-0.2, -0.15) is 5.26 Å². The minimum absolute atomic E-state index is 0.0349. The molecule has 2 aromatic heterocycles. The van der Waals surface area contributed by atoms with E-state index in [2.05, 4.69) is 16.4 Å². The molecule has 2 heterocycles. The maximum absolute atomic E-state index is 13.0. The third-order valence-corrected chi connectivity index (χ3v) is 5.86. The molecule has 1 aromatic carbocycles. The van der Waals surface area contributed by atoms with Gasteiger partial charge in [0.25, 0.3) is 5.56 Å². The molecular weight excluding hydrogens is 351 g/mol. The Kier molecular flexibility index (Phi) is 4.43. The largest absolute Gasteiger partial charge is 0.378 e. The summed E-state index contributed by atoms with van der Waals surface area (Å²) in [7, 11) is 0. The van der Waals surface area contributed by atoms with Gasteiger partial charge in [-0.25, -0.2) is 9.37 Å². The molecule has 5 nitrogen and oxygen atoms in total. The smallest absolute Gasteiger partial charge is 0.263 e. The molecule has 1 aliphatic carbocycles. The van der Waals surface area contributed by atoms with Crippen molar-refractivity contribution in [2.75, 3.05) is 5.32 Å². The summed E-state index contributed by atoms with van der Waals surface area (Å²) in [5.74, 6) is 0.215. The quantitative estimate of drug-likeness (QED) is 0.764. The SMILES string of the molecule is N#CCn1c(CNc2ccc(F)cc2)nc2sc3c(c2c1=O)CCCC3. The highest BCUT2D eigenvalue weighted by atomic mass is 32.1. The summed E-state index contributed by atoms with van der Waals surface area (Å²) < 4.78 is 14.5. The van der Waals surface area contributed by atoms with Gasteiger partial charge >= 0.3 is 0 Å². The van der Waals surface area contributed by atoms with Gasteiger partial charge in [0, 0.05) is 10.6 Å². The monoisotopic (exact) mass is 368 g/mol. The number of anilines is 1. The van der Waals surface area contributed by atoms with Crippen molar-refractivity contribution in [3.8, 4) is 6.07 Å². The molecule has 0 amide bonds. The number of aryl methyl sites for hydroxylation is 2. The lowest BCUT2D eigenvalue weighted by molar-refractivity contribution is 0.628. The van der Waals surface area contributed by atoms with E-state index in [0.29, 0.717) is 17.8 Å². The van der Waals surface area contributed by atoms with Crippen molar-refractivity contribution in [3.05, 3.63) is 56.7 Å². The predicted molar refractivity (Wildman–Crippen MR) is 99.9 cm³/mol. The summed E-state index contributed by atoms with van der Waals surface area (Å²) in [4.78, 5) is 19.7. The predicted octanol–water partition coefficient (Wildman–Crippen LogP) is 3.61. The van der Waals surface area contributed by atoms with Crippen LogP contribution in [0.3, 0.4) is 0 Å². The van der Waals surface area contributed by atoms with E-state index in [1.165, 1.54) is 21.6 Å². The zero-order valence-electron chi connectivity index (χ0n) is 14.1. The minimum Gasteiger partial charge on any atom is -0.378 e. The number of nitriles is 1. The molecular formula is C19H17FN4OS. The Morgan fingerprint density at radius 3 is 2.81 bits per heavy atom. The molecule has 1 aliphatic rings. The van der Waals surface area contributed by atoms with E-state index < -0.39 is 0 Å². The fourth-order valence-corrected chi connectivity index (χ4v) is 4.67. The van der Waals surface area contributed by atoms with Crippen molar-refractivity contribution in [3.63, 3.8) is 0 Å². The van der Waals surface area contributed by atoms with Crippen molar-refractivity contribution in [2.45, 2.75) is 38.8 Å². The van der Waals surface area contributed by atoms with Gasteiger partial charge in [0.05, 0.1) is 18.0 Å². The van der Waals surface area contributed by atoms with E-state index in [1.807, 2.05) is 0 Å². The van der Waals surface area contributed by atoms with Crippen molar-refractivity contribution in [2.24, 2.45) is 0 Å². The van der Waals surface area contributed by atoms with E-state index >= 15 is 0 Å². The van der Waals surface area contributed by atoms with Gasteiger partial charge in [-0.3, -0.25) is 9.36 Å². The van der Waals surface area contributed by atoms with Crippen molar-refractivity contribution >= 4 is 27.2 Å². The Hall–Kier alpha value is -2.72. The third-order valence-electron chi connectivity index (χ3n) is 4.68. The number of aromatic nitrogens is 2. The number of benzene rings is 1. The second kappa shape index (κ2) is 6.89. The Labute approximate surface area is 153 Å². The van der Waals surface area contributed by atoms with Crippen molar-refractivity contribution in [1.29, 1.82) is 5.26 Å². The van der Waals surface area contributed by atoms with Crippen LogP contribution in [0.5, 0.6) is 0 Å². The number of fused-ring (bicyclic) bond motifs is 3. The van der Waals surface area contributed by atoms with Crippen molar-refractivity contribution < 1.29 is 4.39 Å². The van der Waals surface area contributed by atoms with E-state index in [-0.39, 0.29) is 17.9 Å². The molecule has 4 rings (SSSR count). The summed E-state index contributed by atoms with van der Waals surface area (Å²) in [6.07, 6.45) is 4.14. The molecule has 0 unspecified atom stereocenters. The molecule has 26 heavy (non-hydrogen) atoms. The maximum atomic E-state index is 13.0. The van der Waals surface area contributed by atoms with Gasteiger partial charge in [-0.1, -0.05) is 0 Å². The van der Waals surface area contributed by atoms with Gasteiger partial charge in [0.15, 0.2) is 0 Å². The number of hydrogen-bond acceptors (Lipinski definition) is 5. The van der Waals surface area contributed by atoms with E-state index in [4.69, 9.17) is 5.26 Å². The van der Waals surface area contributed by atoms with E-state index in [9.17, 15) is 9.18 Å². The maximum Gasteiger partial charge on any atom is 0.263 e. The second-order valence-corrected chi connectivity index (χ2v) is 7.41. The standard InChI is InChI=1S/C19H17FN4OS/c20-12-5-7-13(8-6-12)22-11-16-23-18-17(19(25)24(16)10-9-21)14-3-1-2-4-15(14)26-18/h5-8,22H,1-4,10-11H2. The number of nitrogens with one attached hydrogen (secondary N) is 1. The first kappa shape index (κ1) is 16.7. The van der Waals surface area contributed by atoms with Crippen LogP contribution in [0, 0.1) is 17.1 Å².